The number of aryl methyl sites for hydroxylation is 4. The summed E-state index contributed by atoms with van der Waals surface area (Å²) in [6, 6.07) is 100. The Bertz CT molecular complexity index is 4030. The quantitative estimate of drug-likeness (QED) is 0.153. The number of benzene rings is 13. The molecule has 0 saturated heterocycles. The van der Waals surface area contributed by atoms with Crippen molar-refractivity contribution in [2.45, 2.75) is 25.7 Å². The van der Waals surface area contributed by atoms with Crippen LogP contribution in [-0.2, 0) is 25.7 Å². The Kier molecular flexibility index (Phi) is 10.5. The number of rotatable bonds is 6. The van der Waals surface area contributed by atoms with Crippen LogP contribution in [0.4, 0.5) is 34.1 Å². The minimum atomic E-state index is 0.990. The van der Waals surface area contributed by atoms with Crippen molar-refractivity contribution in [1.82, 2.24) is 0 Å². The zero-order valence-corrected chi connectivity index (χ0v) is 42.1. The van der Waals surface area contributed by atoms with Gasteiger partial charge >= 0.3 is 0 Å². The van der Waals surface area contributed by atoms with Gasteiger partial charge in [-0.3, -0.25) is 0 Å². The molecule has 76 heavy (non-hydrogen) atoms. The second-order valence-electron chi connectivity index (χ2n) is 20.7. The van der Waals surface area contributed by atoms with Crippen molar-refractivity contribution in [2.75, 3.05) is 9.80 Å². The van der Waals surface area contributed by atoms with Crippen LogP contribution in [0.3, 0.4) is 0 Å². The zero-order chi connectivity index (χ0) is 50.1. The standard InChI is InChI=1S/C74H52N2/c1-3-19-59-45-61(39-29-49(59)13-1)51-25-35-57(36-26-51)73-65-43-41-64(76-71-23-11-7-17-55(71)33-34-56-18-8-12-24-72(56)76)48-68(65)74(58-37-27-52(28-38-58)62-40-30-50-14-2-4-20-60(50)46-62)66-44-42-63(47-67(66)73)75-69-21-9-5-15-53(69)31-32-54-16-6-10-22-70(54)75/h1-30,35-48H,31-34H2. The van der Waals surface area contributed by atoms with Gasteiger partial charge in [-0.25, -0.2) is 0 Å². The van der Waals surface area contributed by atoms with E-state index in [9.17, 15) is 0 Å². The van der Waals surface area contributed by atoms with Gasteiger partial charge in [0.2, 0.25) is 0 Å². The van der Waals surface area contributed by atoms with Crippen molar-refractivity contribution in [2.24, 2.45) is 0 Å². The fourth-order valence-electron chi connectivity index (χ4n) is 12.6. The molecular formula is C74H52N2. The molecule has 358 valence electrons. The normalized spacial score (nSPS) is 13.0. The van der Waals surface area contributed by atoms with E-state index in [0.717, 1.165) is 37.1 Å². The summed E-state index contributed by atoms with van der Waals surface area (Å²) in [5.41, 5.74) is 22.3. The minimum absolute atomic E-state index is 0.990. The van der Waals surface area contributed by atoms with Crippen molar-refractivity contribution in [3.63, 3.8) is 0 Å². The summed E-state index contributed by atoms with van der Waals surface area (Å²) in [7, 11) is 0. The smallest absolute Gasteiger partial charge is 0.0493 e. The topological polar surface area (TPSA) is 6.48 Å². The van der Waals surface area contributed by atoms with E-state index in [2.05, 4.69) is 277 Å². The van der Waals surface area contributed by atoms with Crippen LogP contribution < -0.4 is 9.80 Å². The maximum Gasteiger partial charge on any atom is 0.0493 e. The van der Waals surface area contributed by atoms with E-state index < -0.39 is 0 Å². The molecule has 0 atom stereocenters. The molecule has 0 bridgehead atoms. The van der Waals surface area contributed by atoms with Gasteiger partial charge in [0, 0.05) is 34.1 Å². The number of nitrogens with zero attached hydrogens (tertiary/aromatic N) is 2. The van der Waals surface area contributed by atoms with E-state index in [1.54, 1.807) is 0 Å². The molecule has 0 N–H and O–H groups in total. The molecule has 15 rings (SSSR count). The Balaban J connectivity index is 1.00. The third-order valence-corrected chi connectivity index (χ3v) is 16.4. The zero-order valence-electron chi connectivity index (χ0n) is 42.1. The highest BCUT2D eigenvalue weighted by Gasteiger charge is 2.27. The molecule has 2 nitrogen and oxygen atoms in total. The maximum absolute atomic E-state index is 2.52. The van der Waals surface area contributed by atoms with E-state index in [4.69, 9.17) is 0 Å². The fraction of sp³-hybridized carbons (Fsp3) is 0.0541. The number of hydrogen-bond acceptors (Lipinski definition) is 2. The maximum atomic E-state index is 2.52. The molecule has 2 aliphatic rings. The average molecular weight is 969 g/mol. The Hall–Kier alpha value is -9.50. The second kappa shape index (κ2) is 18.2. The first-order valence-electron chi connectivity index (χ1n) is 26.8. The largest absolute Gasteiger partial charge is 0.310 e. The highest BCUT2D eigenvalue weighted by atomic mass is 15.2. The molecule has 0 saturated carbocycles. The molecule has 0 aromatic heterocycles. The van der Waals surface area contributed by atoms with Crippen molar-refractivity contribution in [1.29, 1.82) is 0 Å². The molecule has 0 radical (unpaired) electrons. The van der Waals surface area contributed by atoms with Crippen molar-refractivity contribution in [3.8, 4) is 44.5 Å². The van der Waals surface area contributed by atoms with E-state index >= 15 is 0 Å². The van der Waals surface area contributed by atoms with Crippen LogP contribution in [-0.4, -0.2) is 0 Å². The van der Waals surface area contributed by atoms with Gasteiger partial charge in [0.15, 0.2) is 0 Å². The van der Waals surface area contributed by atoms with Gasteiger partial charge < -0.3 is 9.80 Å². The fourth-order valence-corrected chi connectivity index (χ4v) is 12.6. The van der Waals surface area contributed by atoms with Gasteiger partial charge in [-0.2, -0.15) is 0 Å². The highest BCUT2D eigenvalue weighted by Crippen LogP contribution is 2.51. The van der Waals surface area contributed by atoms with Crippen LogP contribution in [0, 0.1) is 0 Å². The SMILES string of the molecule is c1ccc2c(c1)CCc1ccccc1N2c1ccc2c(-c3ccc(-c4ccc5ccccc5c4)cc3)c3cc(N4c5ccccc5CCc5ccccc54)ccc3c(-c3ccc(-c4ccc5ccccc5c4)cc3)c2c1. The van der Waals surface area contributed by atoms with Gasteiger partial charge in [0.1, 0.15) is 0 Å². The average Bonchev–Trinajstić information content (AvgIpc) is 3.81. The lowest BCUT2D eigenvalue weighted by molar-refractivity contribution is 0.977. The Labute approximate surface area is 444 Å². The van der Waals surface area contributed by atoms with Crippen LogP contribution in [0.5, 0.6) is 0 Å². The molecule has 0 fully saturated rings. The van der Waals surface area contributed by atoms with E-state index in [1.807, 2.05) is 0 Å². The summed E-state index contributed by atoms with van der Waals surface area (Å²) in [6.07, 6.45) is 3.96. The summed E-state index contributed by atoms with van der Waals surface area (Å²) >= 11 is 0. The van der Waals surface area contributed by atoms with Crippen molar-refractivity contribution < 1.29 is 0 Å². The van der Waals surface area contributed by atoms with Crippen LogP contribution in [0.15, 0.2) is 267 Å². The second-order valence-corrected chi connectivity index (χ2v) is 20.7. The molecule has 2 heteroatoms. The van der Waals surface area contributed by atoms with E-state index in [0.29, 0.717) is 0 Å². The van der Waals surface area contributed by atoms with Crippen LogP contribution in [0.2, 0.25) is 0 Å². The Morgan fingerprint density at radius 2 is 0.513 bits per heavy atom. The molecule has 13 aromatic rings. The predicted octanol–water partition coefficient (Wildman–Crippen LogP) is 20.1. The molecule has 0 aliphatic carbocycles. The predicted molar refractivity (Wildman–Crippen MR) is 322 cm³/mol. The number of fused-ring (bicyclic) bond motifs is 8. The Morgan fingerprint density at radius 1 is 0.211 bits per heavy atom. The van der Waals surface area contributed by atoms with Crippen LogP contribution in [0.25, 0.3) is 87.6 Å². The summed E-state index contributed by atoms with van der Waals surface area (Å²) in [5, 5.41) is 9.86. The number of anilines is 6. The molecule has 13 aromatic carbocycles. The monoisotopic (exact) mass is 968 g/mol. The van der Waals surface area contributed by atoms with Gasteiger partial charge in [-0.1, -0.05) is 206 Å². The van der Waals surface area contributed by atoms with Gasteiger partial charge in [0.25, 0.3) is 0 Å². The van der Waals surface area contributed by atoms with Crippen molar-refractivity contribution >= 4 is 77.2 Å². The van der Waals surface area contributed by atoms with Crippen LogP contribution >= 0.6 is 0 Å². The lowest BCUT2D eigenvalue weighted by atomic mass is 9.84. The first kappa shape index (κ1) is 44.0. The molecule has 0 unspecified atom stereocenters. The third-order valence-electron chi connectivity index (χ3n) is 16.4. The summed E-state index contributed by atoms with van der Waals surface area (Å²) in [5.74, 6) is 0. The Morgan fingerprint density at radius 3 is 0.882 bits per heavy atom. The first-order valence-corrected chi connectivity index (χ1v) is 26.8. The van der Waals surface area contributed by atoms with E-state index in [-0.39, 0.29) is 0 Å². The molecule has 2 heterocycles. The van der Waals surface area contributed by atoms with Crippen LogP contribution in [0.1, 0.15) is 22.3 Å². The molecular weight excluding hydrogens is 917 g/mol. The highest BCUT2D eigenvalue weighted by molar-refractivity contribution is 6.23. The molecule has 0 amide bonds. The molecule has 0 spiro atoms. The summed E-state index contributed by atoms with van der Waals surface area (Å²) in [4.78, 5) is 5.03. The number of para-hydroxylation sites is 4. The first-order chi connectivity index (χ1) is 37.7. The van der Waals surface area contributed by atoms with Gasteiger partial charge in [-0.05, 0) is 196 Å². The minimum Gasteiger partial charge on any atom is -0.310 e. The van der Waals surface area contributed by atoms with Gasteiger partial charge in [0.05, 0.1) is 0 Å². The summed E-state index contributed by atoms with van der Waals surface area (Å²) in [6.45, 7) is 0. The van der Waals surface area contributed by atoms with E-state index in [1.165, 1.54) is 133 Å². The number of hydrogen-bond donors (Lipinski definition) is 0. The summed E-state index contributed by atoms with van der Waals surface area (Å²) < 4.78 is 0. The van der Waals surface area contributed by atoms with Gasteiger partial charge in [-0.15, -0.1) is 0 Å². The lowest BCUT2D eigenvalue weighted by Crippen LogP contribution is -2.12. The van der Waals surface area contributed by atoms with Crippen molar-refractivity contribution in [3.05, 3.63) is 289 Å². The lowest BCUT2D eigenvalue weighted by Gasteiger charge is -2.29. The third kappa shape index (κ3) is 7.48. The molecule has 2 aliphatic heterocycles.